The molecule has 4 rings (SSSR count). The molecule has 0 N–H and O–H groups in total. The molecule has 0 bridgehead atoms. The van der Waals surface area contributed by atoms with Crippen molar-refractivity contribution in [3.63, 3.8) is 0 Å². The Morgan fingerprint density at radius 1 is 1.12 bits per heavy atom. The van der Waals surface area contributed by atoms with Crippen molar-refractivity contribution in [2.45, 2.75) is 38.6 Å². The van der Waals surface area contributed by atoms with Gasteiger partial charge in [0.2, 0.25) is 5.91 Å². The van der Waals surface area contributed by atoms with Crippen molar-refractivity contribution in [3.05, 3.63) is 41.0 Å². The van der Waals surface area contributed by atoms with Gasteiger partial charge in [0.15, 0.2) is 0 Å². The summed E-state index contributed by atoms with van der Waals surface area (Å²) in [6, 6.07) is 10.3. The number of nitrogens with zero attached hydrogens (tertiary/aromatic N) is 3. The summed E-state index contributed by atoms with van der Waals surface area (Å²) in [5, 5.41) is 1.74. The minimum atomic E-state index is 0.364. The first kappa shape index (κ1) is 17.7. The minimum Gasteiger partial charge on any atom is -0.343 e. The Labute approximate surface area is 160 Å². The second kappa shape index (κ2) is 7.93. The molecule has 3 heterocycles. The summed E-state index contributed by atoms with van der Waals surface area (Å²) >= 11 is 6.40. The van der Waals surface area contributed by atoms with E-state index in [0.29, 0.717) is 17.0 Å². The summed E-state index contributed by atoms with van der Waals surface area (Å²) in [4.78, 5) is 21.4. The average Bonchev–Trinajstić information content (AvgIpc) is 3.19. The lowest BCUT2D eigenvalue weighted by Gasteiger charge is -2.32. The third kappa shape index (κ3) is 4.02. The first-order valence-electron chi connectivity index (χ1n) is 9.73. The largest absolute Gasteiger partial charge is 0.343 e. The van der Waals surface area contributed by atoms with E-state index < -0.39 is 0 Å². The summed E-state index contributed by atoms with van der Waals surface area (Å²) in [6.45, 7) is 4.82. The Morgan fingerprint density at radius 2 is 1.85 bits per heavy atom. The lowest BCUT2D eigenvalue weighted by molar-refractivity contribution is -0.131. The van der Waals surface area contributed by atoms with Gasteiger partial charge in [0.1, 0.15) is 5.15 Å². The van der Waals surface area contributed by atoms with Crippen molar-refractivity contribution in [2.75, 3.05) is 26.2 Å². The molecule has 2 saturated heterocycles. The van der Waals surface area contributed by atoms with E-state index in [1.165, 1.54) is 12.8 Å². The van der Waals surface area contributed by atoms with Crippen molar-refractivity contribution < 1.29 is 4.79 Å². The van der Waals surface area contributed by atoms with Crippen molar-refractivity contribution in [1.29, 1.82) is 0 Å². The van der Waals surface area contributed by atoms with E-state index in [9.17, 15) is 4.79 Å². The number of carbonyl (C=O) groups is 1. The quantitative estimate of drug-likeness (QED) is 0.759. The number of pyridine rings is 1. The summed E-state index contributed by atoms with van der Waals surface area (Å²) in [6.07, 6.45) is 5.26. The maximum atomic E-state index is 12.3. The first-order valence-corrected chi connectivity index (χ1v) is 10.1. The van der Waals surface area contributed by atoms with Gasteiger partial charge in [0.05, 0.1) is 5.52 Å². The third-order valence-corrected chi connectivity index (χ3v) is 6.10. The molecule has 2 fully saturated rings. The second-order valence-electron chi connectivity index (χ2n) is 7.64. The number of fused-ring (bicyclic) bond motifs is 1. The maximum absolute atomic E-state index is 12.3. The lowest BCUT2D eigenvalue weighted by Crippen LogP contribution is -2.36. The van der Waals surface area contributed by atoms with Gasteiger partial charge in [-0.05, 0) is 56.8 Å². The second-order valence-corrected chi connectivity index (χ2v) is 8.00. The minimum absolute atomic E-state index is 0.364. The van der Waals surface area contributed by atoms with E-state index in [1.54, 1.807) is 0 Å². The highest BCUT2D eigenvalue weighted by Crippen LogP contribution is 2.26. The summed E-state index contributed by atoms with van der Waals surface area (Å²) in [7, 11) is 0. The first-order chi connectivity index (χ1) is 12.7. The van der Waals surface area contributed by atoms with Gasteiger partial charge in [0, 0.05) is 37.0 Å². The summed E-state index contributed by atoms with van der Waals surface area (Å²) < 4.78 is 0. The van der Waals surface area contributed by atoms with Gasteiger partial charge in [-0.25, -0.2) is 4.98 Å². The zero-order chi connectivity index (χ0) is 17.9. The van der Waals surface area contributed by atoms with Gasteiger partial charge < -0.3 is 4.90 Å². The van der Waals surface area contributed by atoms with E-state index in [1.807, 2.05) is 23.1 Å². The Morgan fingerprint density at radius 3 is 2.62 bits per heavy atom. The Kier molecular flexibility index (Phi) is 5.41. The number of rotatable bonds is 4. The van der Waals surface area contributed by atoms with Crippen LogP contribution >= 0.6 is 11.6 Å². The molecule has 4 nitrogen and oxygen atoms in total. The zero-order valence-corrected chi connectivity index (χ0v) is 15.9. The highest BCUT2D eigenvalue weighted by molar-refractivity contribution is 6.30. The Balaban J connectivity index is 1.32. The van der Waals surface area contributed by atoms with Gasteiger partial charge in [-0.15, -0.1) is 0 Å². The number of piperidine rings is 1. The van der Waals surface area contributed by atoms with Crippen molar-refractivity contribution >= 4 is 28.4 Å². The fourth-order valence-electron chi connectivity index (χ4n) is 4.18. The average molecular weight is 372 g/mol. The standard InChI is InChI=1S/C21H26ClN3O/c22-21-18(14-17-5-1-2-6-19(17)23-21)15-24-11-7-16(8-12-24)13-20(26)25-9-3-4-10-25/h1-2,5-6,14,16H,3-4,7-13,15H2. The fraction of sp³-hybridized carbons (Fsp3) is 0.524. The third-order valence-electron chi connectivity index (χ3n) is 5.77. The molecule has 0 saturated carbocycles. The molecule has 0 atom stereocenters. The summed E-state index contributed by atoms with van der Waals surface area (Å²) in [5.74, 6) is 0.896. The normalized spacial score (nSPS) is 19.3. The molecule has 2 aliphatic rings. The van der Waals surface area contributed by atoms with Crippen LogP contribution in [0, 0.1) is 5.92 Å². The molecule has 2 aromatic rings. The molecule has 138 valence electrons. The molecule has 1 amide bonds. The monoisotopic (exact) mass is 371 g/mol. The van der Waals surface area contributed by atoms with Crippen molar-refractivity contribution in [3.8, 4) is 0 Å². The number of aromatic nitrogens is 1. The van der Waals surface area contributed by atoms with Gasteiger partial charge in [-0.2, -0.15) is 0 Å². The molecular weight excluding hydrogens is 346 g/mol. The predicted octanol–water partition coefficient (Wildman–Crippen LogP) is 4.11. The molecule has 0 aliphatic carbocycles. The SMILES string of the molecule is O=C(CC1CCN(Cc2cc3ccccc3nc2Cl)CC1)N1CCCC1. The van der Waals surface area contributed by atoms with Gasteiger partial charge in [0.25, 0.3) is 0 Å². The van der Waals surface area contributed by atoms with Gasteiger partial charge in [-0.1, -0.05) is 29.8 Å². The smallest absolute Gasteiger partial charge is 0.222 e. The Hall–Kier alpha value is -1.65. The molecule has 0 radical (unpaired) electrons. The number of hydrogen-bond donors (Lipinski definition) is 0. The van der Waals surface area contributed by atoms with E-state index >= 15 is 0 Å². The topological polar surface area (TPSA) is 36.4 Å². The van der Waals surface area contributed by atoms with Crippen LogP contribution in [0.15, 0.2) is 30.3 Å². The van der Waals surface area contributed by atoms with Crippen LogP contribution in [0.2, 0.25) is 5.15 Å². The van der Waals surface area contributed by atoms with Crippen molar-refractivity contribution in [1.82, 2.24) is 14.8 Å². The Bertz CT molecular complexity index is 780. The molecule has 0 spiro atoms. The van der Waals surface area contributed by atoms with Crippen LogP contribution in [0.25, 0.3) is 10.9 Å². The van der Waals surface area contributed by atoms with E-state index in [0.717, 1.165) is 68.5 Å². The van der Waals surface area contributed by atoms with Crippen LogP contribution in [0.1, 0.15) is 37.7 Å². The molecular formula is C21H26ClN3O. The number of amides is 1. The van der Waals surface area contributed by atoms with Gasteiger partial charge >= 0.3 is 0 Å². The van der Waals surface area contributed by atoms with Crippen LogP contribution in [0.4, 0.5) is 0 Å². The molecule has 1 aromatic heterocycles. The predicted molar refractivity (Wildman–Crippen MR) is 105 cm³/mol. The van der Waals surface area contributed by atoms with E-state index in [4.69, 9.17) is 11.6 Å². The lowest BCUT2D eigenvalue weighted by atomic mass is 9.92. The number of benzene rings is 1. The number of hydrogen-bond acceptors (Lipinski definition) is 3. The summed E-state index contributed by atoms with van der Waals surface area (Å²) in [5.41, 5.74) is 2.04. The highest BCUT2D eigenvalue weighted by Gasteiger charge is 2.25. The highest BCUT2D eigenvalue weighted by atomic mass is 35.5. The van der Waals surface area contributed by atoms with Crippen LogP contribution in [0.5, 0.6) is 0 Å². The molecule has 2 aliphatic heterocycles. The molecule has 26 heavy (non-hydrogen) atoms. The van der Waals surface area contributed by atoms with Crippen molar-refractivity contribution in [2.24, 2.45) is 5.92 Å². The number of carbonyl (C=O) groups excluding carboxylic acids is 1. The van der Waals surface area contributed by atoms with Gasteiger partial charge in [-0.3, -0.25) is 9.69 Å². The number of likely N-dealkylation sites (tertiary alicyclic amines) is 2. The van der Waals surface area contributed by atoms with Crippen LogP contribution in [-0.2, 0) is 11.3 Å². The fourth-order valence-corrected chi connectivity index (χ4v) is 4.38. The zero-order valence-electron chi connectivity index (χ0n) is 15.2. The number of halogens is 1. The maximum Gasteiger partial charge on any atom is 0.222 e. The molecule has 1 aromatic carbocycles. The van der Waals surface area contributed by atoms with E-state index in [2.05, 4.69) is 22.0 Å². The number of para-hydroxylation sites is 1. The molecule has 0 unspecified atom stereocenters. The van der Waals surface area contributed by atoms with Crippen LogP contribution < -0.4 is 0 Å². The molecule has 5 heteroatoms. The van der Waals surface area contributed by atoms with E-state index in [-0.39, 0.29) is 0 Å². The van der Waals surface area contributed by atoms with Crippen LogP contribution in [-0.4, -0.2) is 46.9 Å². The van der Waals surface area contributed by atoms with Crippen LogP contribution in [0.3, 0.4) is 0 Å².